The molecule has 2 aromatic rings. The summed E-state index contributed by atoms with van der Waals surface area (Å²) in [5, 5.41) is 10.2. The summed E-state index contributed by atoms with van der Waals surface area (Å²) in [6.45, 7) is 3.19. The Balaban J connectivity index is 1.76. The molecule has 0 atom stereocenters. The maximum Gasteiger partial charge on any atom is 0.338 e. The second-order valence-electron chi connectivity index (χ2n) is 8.77. The summed E-state index contributed by atoms with van der Waals surface area (Å²) in [7, 11) is 0. The van der Waals surface area contributed by atoms with Gasteiger partial charge in [0.05, 0.1) is 5.56 Å². The fourth-order valence-corrected chi connectivity index (χ4v) is 5.88. The number of anilines is 1. The van der Waals surface area contributed by atoms with Crippen LogP contribution in [-0.2, 0) is 9.53 Å². The molecule has 2 aliphatic rings. The van der Waals surface area contributed by atoms with Gasteiger partial charge in [-0.25, -0.2) is 13.6 Å². The molecule has 4 rings (SSSR count). The number of aromatic carboxylic acids is 1. The van der Waals surface area contributed by atoms with Crippen LogP contribution in [0.1, 0.15) is 55.8 Å². The standard InChI is InChI=1S/C24H27F2NO4S/c1-14-2-4-15(5-3-14)22(28)27(17-8-10-31-11-9-17)23-19(24(29)30)13-21(32-23)18-7-6-16(25)12-20(18)26/h6-7,12-15,17H,2-5,8-11H2,1H3,(H,29,30)/t14-,15-. The average molecular weight is 464 g/mol. The van der Waals surface area contributed by atoms with Gasteiger partial charge in [-0.2, -0.15) is 0 Å². The second-order valence-corrected chi connectivity index (χ2v) is 9.80. The highest BCUT2D eigenvalue weighted by Crippen LogP contribution is 2.42. The Morgan fingerprint density at radius 3 is 2.38 bits per heavy atom. The lowest BCUT2D eigenvalue weighted by Gasteiger charge is -2.37. The van der Waals surface area contributed by atoms with E-state index in [4.69, 9.17) is 4.74 Å². The van der Waals surface area contributed by atoms with Gasteiger partial charge in [-0.05, 0) is 62.6 Å². The van der Waals surface area contributed by atoms with E-state index in [0.717, 1.165) is 49.2 Å². The highest BCUT2D eigenvalue weighted by Gasteiger charge is 2.37. The summed E-state index contributed by atoms with van der Waals surface area (Å²) >= 11 is 1.08. The van der Waals surface area contributed by atoms with Gasteiger partial charge < -0.3 is 9.84 Å². The first-order valence-corrected chi connectivity index (χ1v) is 11.9. The van der Waals surface area contributed by atoms with E-state index in [0.29, 0.717) is 41.9 Å². The summed E-state index contributed by atoms with van der Waals surface area (Å²) in [6, 6.07) is 4.44. The molecule has 0 spiro atoms. The number of rotatable bonds is 5. The predicted octanol–water partition coefficient (Wildman–Crippen LogP) is 5.73. The maximum absolute atomic E-state index is 14.4. The minimum Gasteiger partial charge on any atom is -0.478 e. The van der Waals surface area contributed by atoms with E-state index < -0.39 is 17.6 Å². The molecular formula is C24H27F2NO4S. The molecule has 1 aliphatic heterocycles. The van der Waals surface area contributed by atoms with Crippen LogP contribution in [0.5, 0.6) is 0 Å². The molecule has 1 saturated carbocycles. The third-order valence-electron chi connectivity index (χ3n) is 6.52. The van der Waals surface area contributed by atoms with Crippen molar-refractivity contribution in [2.75, 3.05) is 18.1 Å². The van der Waals surface area contributed by atoms with Crippen LogP contribution >= 0.6 is 11.3 Å². The van der Waals surface area contributed by atoms with Crippen molar-refractivity contribution in [3.63, 3.8) is 0 Å². The van der Waals surface area contributed by atoms with Gasteiger partial charge in [0.2, 0.25) is 5.91 Å². The SMILES string of the molecule is C[C@H]1CC[C@H](C(=O)N(c2sc(-c3ccc(F)cc3F)cc2C(=O)O)C2CCOCC2)CC1. The van der Waals surface area contributed by atoms with Crippen molar-refractivity contribution < 1.29 is 28.2 Å². The van der Waals surface area contributed by atoms with Gasteiger partial charge in [0.25, 0.3) is 0 Å². The quantitative estimate of drug-likeness (QED) is 0.615. The average Bonchev–Trinajstić information content (AvgIpc) is 3.20. The fourth-order valence-electron chi connectivity index (χ4n) is 4.63. The number of thiophene rings is 1. The van der Waals surface area contributed by atoms with E-state index in [1.54, 1.807) is 4.90 Å². The lowest BCUT2D eigenvalue weighted by atomic mass is 9.82. The van der Waals surface area contributed by atoms with Gasteiger partial charge in [-0.3, -0.25) is 9.69 Å². The Hall–Kier alpha value is -2.32. The first-order valence-electron chi connectivity index (χ1n) is 11.1. The molecule has 1 aromatic heterocycles. The molecule has 2 heterocycles. The number of amides is 1. The molecule has 2 fully saturated rings. The molecule has 0 unspecified atom stereocenters. The van der Waals surface area contributed by atoms with E-state index in [1.165, 1.54) is 12.1 Å². The first kappa shape index (κ1) is 22.9. The molecule has 1 aromatic carbocycles. The molecular weight excluding hydrogens is 436 g/mol. The Labute approximate surface area is 190 Å². The van der Waals surface area contributed by atoms with Crippen LogP contribution < -0.4 is 4.90 Å². The number of carboxylic acids is 1. The highest BCUT2D eigenvalue weighted by molar-refractivity contribution is 7.20. The maximum atomic E-state index is 14.4. The van der Waals surface area contributed by atoms with Gasteiger partial charge in [0.1, 0.15) is 16.6 Å². The van der Waals surface area contributed by atoms with Crippen LogP contribution in [0.2, 0.25) is 0 Å². The van der Waals surface area contributed by atoms with E-state index in [9.17, 15) is 23.5 Å². The minimum atomic E-state index is -1.17. The van der Waals surface area contributed by atoms with Gasteiger partial charge >= 0.3 is 5.97 Å². The van der Waals surface area contributed by atoms with Gasteiger partial charge in [-0.15, -0.1) is 11.3 Å². The van der Waals surface area contributed by atoms with Crippen LogP contribution in [0.25, 0.3) is 10.4 Å². The van der Waals surface area contributed by atoms with E-state index in [2.05, 4.69) is 6.92 Å². The summed E-state index contributed by atoms with van der Waals surface area (Å²) < 4.78 is 33.3. The number of benzene rings is 1. The number of halogens is 2. The van der Waals surface area contributed by atoms with Crippen LogP contribution in [-0.4, -0.2) is 36.2 Å². The molecule has 1 amide bonds. The Morgan fingerprint density at radius 1 is 1.06 bits per heavy atom. The number of carbonyl (C=O) groups excluding carboxylic acids is 1. The third kappa shape index (κ3) is 4.71. The molecule has 0 bridgehead atoms. The molecule has 1 N–H and O–H groups in total. The lowest BCUT2D eigenvalue weighted by Crippen LogP contribution is -2.47. The number of nitrogens with zero attached hydrogens (tertiary/aromatic N) is 1. The largest absolute Gasteiger partial charge is 0.478 e. The van der Waals surface area contributed by atoms with E-state index >= 15 is 0 Å². The Kier molecular flexibility index (Phi) is 6.90. The molecule has 5 nitrogen and oxygen atoms in total. The predicted molar refractivity (Wildman–Crippen MR) is 119 cm³/mol. The van der Waals surface area contributed by atoms with Gasteiger partial charge in [0.15, 0.2) is 0 Å². The Morgan fingerprint density at radius 2 is 1.75 bits per heavy atom. The lowest BCUT2D eigenvalue weighted by molar-refractivity contribution is -0.124. The molecule has 172 valence electrons. The summed E-state index contributed by atoms with van der Waals surface area (Å²) in [4.78, 5) is 27.9. The Bertz CT molecular complexity index is 994. The first-order chi connectivity index (χ1) is 15.3. The van der Waals surface area contributed by atoms with Crippen LogP contribution in [0.3, 0.4) is 0 Å². The van der Waals surface area contributed by atoms with Crippen molar-refractivity contribution in [1.82, 2.24) is 0 Å². The molecule has 1 saturated heterocycles. The number of carbonyl (C=O) groups is 2. The van der Waals surface area contributed by atoms with Crippen molar-refractivity contribution in [2.45, 2.75) is 51.5 Å². The number of carboxylic acid groups (broad SMARTS) is 1. The number of hydrogen-bond donors (Lipinski definition) is 1. The molecule has 8 heteroatoms. The van der Waals surface area contributed by atoms with E-state index in [-0.39, 0.29) is 29.0 Å². The highest BCUT2D eigenvalue weighted by atomic mass is 32.1. The fraction of sp³-hybridized carbons (Fsp3) is 0.500. The van der Waals surface area contributed by atoms with Crippen LogP contribution in [0, 0.1) is 23.5 Å². The van der Waals surface area contributed by atoms with E-state index in [1.807, 2.05) is 0 Å². The normalized spacial score (nSPS) is 22.0. The third-order valence-corrected chi connectivity index (χ3v) is 7.68. The number of ether oxygens (including phenoxy) is 1. The molecule has 32 heavy (non-hydrogen) atoms. The topological polar surface area (TPSA) is 66.8 Å². The summed E-state index contributed by atoms with van der Waals surface area (Å²) in [6.07, 6.45) is 4.75. The van der Waals surface area contributed by atoms with Crippen LogP contribution in [0.4, 0.5) is 13.8 Å². The van der Waals surface area contributed by atoms with Crippen molar-refractivity contribution >= 4 is 28.2 Å². The van der Waals surface area contributed by atoms with Gasteiger partial charge in [-0.1, -0.05) is 6.92 Å². The summed E-state index contributed by atoms with van der Waals surface area (Å²) in [5.74, 6) is -2.26. The van der Waals surface area contributed by atoms with Gasteiger partial charge in [0, 0.05) is 41.7 Å². The smallest absolute Gasteiger partial charge is 0.338 e. The number of hydrogen-bond acceptors (Lipinski definition) is 4. The summed E-state index contributed by atoms with van der Waals surface area (Å²) in [5.41, 5.74) is 0.0914. The van der Waals surface area contributed by atoms with Crippen molar-refractivity contribution in [1.29, 1.82) is 0 Å². The van der Waals surface area contributed by atoms with Crippen molar-refractivity contribution in [2.24, 2.45) is 11.8 Å². The van der Waals surface area contributed by atoms with Crippen molar-refractivity contribution in [3.8, 4) is 10.4 Å². The monoisotopic (exact) mass is 463 g/mol. The zero-order valence-corrected chi connectivity index (χ0v) is 18.8. The van der Waals surface area contributed by atoms with Crippen LogP contribution in [0.15, 0.2) is 24.3 Å². The molecule has 1 aliphatic carbocycles. The molecule has 0 radical (unpaired) electrons. The zero-order valence-electron chi connectivity index (χ0n) is 18.0. The zero-order chi connectivity index (χ0) is 22.8. The van der Waals surface area contributed by atoms with Crippen molar-refractivity contribution in [3.05, 3.63) is 41.5 Å². The second kappa shape index (κ2) is 9.67. The minimum absolute atomic E-state index is 0.0299.